The van der Waals surface area contributed by atoms with Crippen molar-refractivity contribution in [2.75, 3.05) is 5.73 Å². The van der Waals surface area contributed by atoms with E-state index >= 15 is 0 Å². The van der Waals surface area contributed by atoms with Crippen LogP contribution in [0.1, 0.15) is 37.6 Å². The highest BCUT2D eigenvalue weighted by molar-refractivity contribution is 5.48. The Hall–Kier alpha value is -1.26. The summed E-state index contributed by atoms with van der Waals surface area (Å²) in [4.78, 5) is 3.37. The Morgan fingerprint density at radius 2 is 1.69 bits per heavy atom. The Labute approximate surface area is 92.7 Å². The first kappa shape index (κ1) is 12.8. The molecular formula is C11H15F3N2. The standard InChI is InChI=1S/C11H15F3N2/c1-6-7(10(2,3)4)5-8(11(12,13)14)16-9(6)15/h5H,1-4H3,(H2,15,16). The number of hydrogen-bond acceptors (Lipinski definition) is 2. The maximum absolute atomic E-state index is 12.5. The van der Waals surface area contributed by atoms with Crippen LogP contribution in [0.5, 0.6) is 0 Å². The van der Waals surface area contributed by atoms with E-state index < -0.39 is 11.9 Å². The normalized spacial score (nSPS) is 12.9. The molecule has 0 spiro atoms. The molecule has 0 aliphatic carbocycles. The van der Waals surface area contributed by atoms with Crippen LogP contribution in [0.25, 0.3) is 0 Å². The monoisotopic (exact) mass is 232 g/mol. The van der Waals surface area contributed by atoms with E-state index in [1.54, 1.807) is 6.92 Å². The fourth-order valence-corrected chi connectivity index (χ4v) is 1.55. The predicted molar refractivity (Wildman–Crippen MR) is 57.1 cm³/mol. The number of nitrogens with zero attached hydrogens (tertiary/aromatic N) is 1. The van der Waals surface area contributed by atoms with Crippen LogP contribution < -0.4 is 5.73 Å². The van der Waals surface area contributed by atoms with Crippen LogP contribution in [-0.2, 0) is 11.6 Å². The number of alkyl halides is 3. The smallest absolute Gasteiger partial charge is 0.383 e. The minimum absolute atomic E-state index is 0.0558. The first-order valence-corrected chi connectivity index (χ1v) is 4.88. The van der Waals surface area contributed by atoms with Gasteiger partial charge in [-0.05, 0) is 29.5 Å². The third-order valence-corrected chi connectivity index (χ3v) is 2.41. The summed E-state index contributed by atoms with van der Waals surface area (Å²) >= 11 is 0. The van der Waals surface area contributed by atoms with Crippen molar-refractivity contribution in [3.05, 3.63) is 22.9 Å². The highest BCUT2D eigenvalue weighted by Crippen LogP contribution is 2.34. The average molecular weight is 232 g/mol. The minimum atomic E-state index is -4.46. The van der Waals surface area contributed by atoms with Gasteiger partial charge in [-0.15, -0.1) is 0 Å². The van der Waals surface area contributed by atoms with Crippen molar-refractivity contribution in [3.8, 4) is 0 Å². The van der Waals surface area contributed by atoms with Crippen molar-refractivity contribution >= 4 is 5.82 Å². The summed E-state index contributed by atoms with van der Waals surface area (Å²) < 4.78 is 37.6. The Morgan fingerprint density at radius 1 is 1.19 bits per heavy atom. The molecule has 1 aromatic rings. The second-order valence-electron chi connectivity index (χ2n) is 4.81. The molecule has 1 aromatic heterocycles. The molecular weight excluding hydrogens is 217 g/mol. The minimum Gasteiger partial charge on any atom is -0.383 e. The van der Waals surface area contributed by atoms with Crippen LogP contribution in [0.15, 0.2) is 6.07 Å². The maximum Gasteiger partial charge on any atom is 0.433 e. The van der Waals surface area contributed by atoms with E-state index in [4.69, 9.17) is 5.73 Å². The van der Waals surface area contributed by atoms with Gasteiger partial charge in [0.05, 0.1) is 0 Å². The van der Waals surface area contributed by atoms with E-state index in [0.717, 1.165) is 6.07 Å². The SMILES string of the molecule is Cc1c(C(C)(C)C)cc(C(F)(F)F)nc1N. The fourth-order valence-electron chi connectivity index (χ4n) is 1.55. The summed E-state index contributed by atoms with van der Waals surface area (Å²) in [5, 5.41) is 0. The molecule has 16 heavy (non-hydrogen) atoms. The molecule has 5 heteroatoms. The van der Waals surface area contributed by atoms with E-state index in [1.165, 1.54) is 0 Å². The van der Waals surface area contributed by atoms with Crippen molar-refractivity contribution in [2.45, 2.75) is 39.3 Å². The highest BCUT2D eigenvalue weighted by atomic mass is 19.4. The zero-order chi connectivity index (χ0) is 12.7. The highest BCUT2D eigenvalue weighted by Gasteiger charge is 2.34. The largest absolute Gasteiger partial charge is 0.433 e. The lowest BCUT2D eigenvalue weighted by molar-refractivity contribution is -0.141. The van der Waals surface area contributed by atoms with Gasteiger partial charge in [-0.3, -0.25) is 0 Å². The number of hydrogen-bond donors (Lipinski definition) is 1. The second kappa shape index (κ2) is 3.64. The van der Waals surface area contributed by atoms with Crippen molar-refractivity contribution in [1.29, 1.82) is 0 Å². The summed E-state index contributed by atoms with van der Waals surface area (Å²) in [7, 11) is 0. The van der Waals surface area contributed by atoms with E-state index in [2.05, 4.69) is 4.98 Å². The molecule has 0 aliphatic heterocycles. The summed E-state index contributed by atoms with van der Waals surface area (Å²) in [5.41, 5.74) is 5.37. The van der Waals surface area contributed by atoms with Gasteiger partial charge in [0.15, 0.2) is 0 Å². The van der Waals surface area contributed by atoms with Gasteiger partial charge in [0.25, 0.3) is 0 Å². The quantitative estimate of drug-likeness (QED) is 0.745. The number of pyridine rings is 1. The Morgan fingerprint density at radius 3 is 2.06 bits per heavy atom. The molecule has 0 fully saturated rings. The molecule has 0 aliphatic rings. The third kappa shape index (κ3) is 2.46. The maximum atomic E-state index is 12.5. The molecule has 0 saturated carbocycles. The molecule has 90 valence electrons. The summed E-state index contributed by atoms with van der Waals surface area (Å²) in [6, 6.07) is 1.08. The molecule has 2 nitrogen and oxygen atoms in total. The lowest BCUT2D eigenvalue weighted by Crippen LogP contribution is -2.19. The van der Waals surface area contributed by atoms with Gasteiger partial charge in [-0.25, -0.2) is 4.98 Å². The van der Waals surface area contributed by atoms with Crippen LogP contribution >= 0.6 is 0 Å². The lowest BCUT2D eigenvalue weighted by atomic mass is 9.84. The first-order chi connectivity index (χ1) is 7.03. The van der Waals surface area contributed by atoms with E-state index in [-0.39, 0.29) is 11.2 Å². The summed E-state index contributed by atoms with van der Waals surface area (Å²) in [6.45, 7) is 7.21. The predicted octanol–water partition coefficient (Wildman–Crippen LogP) is 3.29. The Balaban J connectivity index is 3.46. The van der Waals surface area contributed by atoms with Crippen LogP contribution in [-0.4, -0.2) is 4.98 Å². The van der Waals surface area contributed by atoms with E-state index in [1.807, 2.05) is 20.8 Å². The van der Waals surface area contributed by atoms with Gasteiger partial charge in [0.2, 0.25) is 0 Å². The average Bonchev–Trinajstić information content (AvgIpc) is 2.05. The molecule has 0 amide bonds. The van der Waals surface area contributed by atoms with Crippen molar-refractivity contribution in [2.24, 2.45) is 0 Å². The van der Waals surface area contributed by atoms with Crippen LogP contribution in [0.3, 0.4) is 0 Å². The first-order valence-electron chi connectivity index (χ1n) is 4.88. The van der Waals surface area contributed by atoms with Crippen molar-refractivity contribution in [3.63, 3.8) is 0 Å². The number of aromatic nitrogens is 1. The van der Waals surface area contributed by atoms with Crippen molar-refractivity contribution in [1.82, 2.24) is 4.98 Å². The van der Waals surface area contributed by atoms with E-state index in [9.17, 15) is 13.2 Å². The number of nitrogen functional groups attached to an aromatic ring is 1. The second-order valence-corrected chi connectivity index (χ2v) is 4.81. The summed E-state index contributed by atoms with van der Waals surface area (Å²) in [6.07, 6.45) is -4.46. The lowest BCUT2D eigenvalue weighted by Gasteiger charge is -2.23. The van der Waals surface area contributed by atoms with Gasteiger partial charge in [-0.1, -0.05) is 20.8 Å². The molecule has 0 saturated heterocycles. The molecule has 0 radical (unpaired) electrons. The molecule has 0 aromatic carbocycles. The van der Waals surface area contributed by atoms with Gasteiger partial charge in [0, 0.05) is 0 Å². The van der Waals surface area contributed by atoms with Gasteiger partial charge in [-0.2, -0.15) is 13.2 Å². The zero-order valence-electron chi connectivity index (χ0n) is 9.74. The van der Waals surface area contributed by atoms with Crippen LogP contribution in [0.2, 0.25) is 0 Å². The van der Waals surface area contributed by atoms with Gasteiger partial charge < -0.3 is 5.73 Å². The third-order valence-electron chi connectivity index (χ3n) is 2.41. The molecule has 0 atom stereocenters. The van der Waals surface area contributed by atoms with Gasteiger partial charge >= 0.3 is 6.18 Å². The number of rotatable bonds is 0. The fraction of sp³-hybridized carbons (Fsp3) is 0.545. The Kier molecular flexibility index (Phi) is 2.92. The Bertz CT molecular complexity index is 403. The molecule has 2 N–H and O–H groups in total. The van der Waals surface area contributed by atoms with Gasteiger partial charge in [0.1, 0.15) is 11.5 Å². The van der Waals surface area contributed by atoms with Crippen LogP contribution in [0.4, 0.5) is 19.0 Å². The molecule has 0 bridgehead atoms. The topological polar surface area (TPSA) is 38.9 Å². The summed E-state index contributed by atoms with van der Waals surface area (Å²) in [5.74, 6) is -0.0558. The van der Waals surface area contributed by atoms with Crippen LogP contribution in [0, 0.1) is 6.92 Å². The molecule has 0 unspecified atom stereocenters. The number of halogens is 3. The molecule has 1 rings (SSSR count). The number of anilines is 1. The van der Waals surface area contributed by atoms with E-state index in [0.29, 0.717) is 11.1 Å². The molecule has 1 heterocycles. The number of nitrogens with two attached hydrogens (primary N) is 1. The van der Waals surface area contributed by atoms with Crippen molar-refractivity contribution < 1.29 is 13.2 Å². The zero-order valence-corrected chi connectivity index (χ0v) is 9.74.